The van der Waals surface area contributed by atoms with Crippen molar-refractivity contribution in [1.29, 1.82) is 0 Å². The van der Waals surface area contributed by atoms with E-state index in [0.29, 0.717) is 18.6 Å². The fourth-order valence-corrected chi connectivity index (χ4v) is 5.44. The SMILES string of the molecule is COc1ccccc1CON=C(C)c1ccc(C2=N[C@@H]3CCCC[C@@H]3c3cc(OC)c(OC)cc32)cc1. The van der Waals surface area contributed by atoms with Crippen molar-refractivity contribution in [3.8, 4) is 17.2 Å². The molecule has 0 unspecified atom stereocenters. The van der Waals surface area contributed by atoms with Crippen LogP contribution in [0, 0.1) is 0 Å². The maximum atomic E-state index is 5.64. The van der Waals surface area contributed by atoms with Crippen molar-refractivity contribution in [3.63, 3.8) is 0 Å². The molecule has 0 N–H and O–H groups in total. The first-order valence-corrected chi connectivity index (χ1v) is 12.9. The first kappa shape index (κ1) is 24.9. The summed E-state index contributed by atoms with van der Waals surface area (Å²) in [5, 5.41) is 4.34. The van der Waals surface area contributed by atoms with Crippen LogP contribution in [0.1, 0.15) is 66.3 Å². The first-order chi connectivity index (χ1) is 18.1. The zero-order valence-electron chi connectivity index (χ0n) is 22.0. The van der Waals surface area contributed by atoms with Gasteiger partial charge in [0, 0.05) is 22.6 Å². The fraction of sp³-hybridized carbons (Fsp3) is 0.355. The molecule has 5 rings (SSSR count). The minimum Gasteiger partial charge on any atom is -0.496 e. The first-order valence-electron chi connectivity index (χ1n) is 12.9. The van der Waals surface area contributed by atoms with E-state index in [-0.39, 0.29) is 0 Å². The summed E-state index contributed by atoms with van der Waals surface area (Å²) in [6, 6.07) is 20.8. The Morgan fingerprint density at radius 3 is 2.32 bits per heavy atom. The van der Waals surface area contributed by atoms with Crippen molar-refractivity contribution >= 4 is 11.4 Å². The summed E-state index contributed by atoms with van der Waals surface area (Å²) in [4.78, 5) is 10.9. The van der Waals surface area contributed by atoms with Gasteiger partial charge in [-0.25, -0.2) is 0 Å². The van der Waals surface area contributed by atoms with E-state index < -0.39 is 0 Å². The van der Waals surface area contributed by atoms with Gasteiger partial charge in [-0.2, -0.15) is 0 Å². The molecule has 0 aromatic heterocycles. The van der Waals surface area contributed by atoms with Crippen LogP contribution >= 0.6 is 0 Å². The smallest absolute Gasteiger partial charge is 0.161 e. The molecule has 0 saturated heterocycles. The van der Waals surface area contributed by atoms with Gasteiger partial charge in [0.15, 0.2) is 11.5 Å². The lowest BCUT2D eigenvalue weighted by Crippen LogP contribution is -2.29. The summed E-state index contributed by atoms with van der Waals surface area (Å²) >= 11 is 0. The maximum Gasteiger partial charge on any atom is 0.161 e. The van der Waals surface area contributed by atoms with Crippen LogP contribution in [0.4, 0.5) is 0 Å². The lowest BCUT2D eigenvalue weighted by Gasteiger charge is -2.35. The van der Waals surface area contributed by atoms with E-state index in [4.69, 9.17) is 24.0 Å². The Bertz CT molecular complexity index is 1310. The Kier molecular flexibility index (Phi) is 7.45. The molecule has 1 saturated carbocycles. The molecule has 1 heterocycles. The van der Waals surface area contributed by atoms with Crippen LogP contribution < -0.4 is 14.2 Å². The topological polar surface area (TPSA) is 61.6 Å². The number of ether oxygens (including phenoxy) is 3. The number of methoxy groups -OCH3 is 3. The molecule has 0 radical (unpaired) electrons. The third kappa shape index (κ3) is 5.06. The Balaban J connectivity index is 1.40. The molecule has 1 aliphatic carbocycles. The Hall–Kier alpha value is -3.80. The number of oxime groups is 1. The second kappa shape index (κ2) is 11.1. The van der Waals surface area contributed by atoms with Gasteiger partial charge in [-0.15, -0.1) is 0 Å². The van der Waals surface area contributed by atoms with Gasteiger partial charge in [-0.1, -0.05) is 60.5 Å². The zero-order valence-corrected chi connectivity index (χ0v) is 22.0. The summed E-state index contributed by atoms with van der Waals surface area (Å²) in [5.74, 6) is 2.74. The van der Waals surface area contributed by atoms with E-state index in [1.54, 1.807) is 21.3 Å². The lowest BCUT2D eigenvalue weighted by atomic mass is 9.75. The summed E-state index contributed by atoms with van der Waals surface area (Å²) in [6.45, 7) is 2.30. The molecule has 3 aromatic carbocycles. The van der Waals surface area contributed by atoms with Crippen LogP contribution in [0.25, 0.3) is 0 Å². The number of nitrogens with zero attached hydrogens (tertiary/aromatic N) is 2. The molecule has 2 atom stereocenters. The lowest BCUT2D eigenvalue weighted by molar-refractivity contribution is 0.128. The molecular formula is C31H34N2O4. The van der Waals surface area contributed by atoms with Crippen LogP contribution in [0.15, 0.2) is 70.8 Å². The van der Waals surface area contributed by atoms with E-state index in [1.807, 2.05) is 31.2 Å². The van der Waals surface area contributed by atoms with E-state index >= 15 is 0 Å². The van der Waals surface area contributed by atoms with Crippen molar-refractivity contribution in [2.24, 2.45) is 10.1 Å². The summed E-state index contributed by atoms with van der Waals surface area (Å²) in [5.41, 5.74) is 7.34. The van der Waals surface area contributed by atoms with Crippen molar-refractivity contribution in [2.75, 3.05) is 21.3 Å². The standard InChI is InChI=1S/C31H34N2O4/c1-20(33-37-19-23-9-5-8-12-28(23)34-2)21-13-15-22(16-14-21)31-26-18-30(36-4)29(35-3)17-25(26)24-10-6-7-11-27(24)32-31/h5,8-9,12-18,24,27H,6-7,10-11,19H2,1-4H3/t24-,27-/m1/s1. The Morgan fingerprint density at radius 2 is 1.57 bits per heavy atom. The number of hydrogen-bond acceptors (Lipinski definition) is 6. The number of aliphatic imine (C=N–C) groups is 1. The van der Waals surface area contributed by atoms with E-state index in [2.05, 4.69) is 41.6 Å². The van der Waals surface area contributed by atoms with E-state index in [0.717, 1.165) is 63.8 Å². The largest absolute Gasteiger partial charge is 0.496 e. The highest BCUT2D eigenvalue weighted by Crippen LogP contribution is 2.44. The second-order valence-corrected chi connectivity index (χ2v) is 9.57. The fourth-order valence-electron chi connectivity index (χ4n) is 5.44. The summed E-state index contributed by atoms with van der Waals surface area (Å²) in [7, 11) is 5.04. The van der Waals surface area contributed by atoms with Crippen molar-refractivity contribution in [2.45, 2.75) is 51.2 Å². The van der Waals surface area contributed by atoms with Crippen LogP contribution in [0.2, 0.25) is 0 Å². The molecule has 192 valence electrons. The third-order valence-corrected chi connectivity index (χ3v) is 7.42. The molecule has 1 aliphatic heterocycles. The molecule has 37 heavy (non-hydrogen) atoms. The minimum absolute atomic E-state index is 0.306. The monoisotopic (exact) mass is 498 g/mol. The summed E-state index contributed by atoms with van der Waals surface area (Å²) in [6.07, 6.45) is 4.75. The predicted octanol–water partition coefficient (Wildman–Crippen LogP) is 6.53. The normalized spacial score (nSPS) is 18.8. The number of hydrogen-bond donors (Lipinski definition) is 0. The molecular weight excluding hydrogens is 464 g/mol. The highest BCUT2D eigenvalue weighted by atomic mass is 16.6. The average Bonchev–Trinajstić information content (AvgIpc) is 2.96. The molecule has 1 fully saturated rings. The molecule has 3 aromatic rings. The van der Waals surface area contributed by atoms with Gasteiger partial charge >= 0.3 is 0 Å². The van der Waals surface area contributed by atoms with Gasteiger partial charge in [0.2, 0.25) is 0 Å². The molecule has 6 nitrogen and oxygen atoms in total. The molecule has 2 aliphatic rings. The van der Waals surface area contributed by atoms with E-state index in [9.17, 15) is 0 Å². The van der Waals surface area contributed by atoms with Crippen molar-refractivity contribution < 1.29 is 19.0 Å². The third-order valence-electron chi connectivity index (χ3n) is 7.42. The van der Waals surface area contributed by atoms with Crippen LogP contribution in [-0.4, -0.2) is 38.8 Å². The van der Waals surface area contributed by atoms with Gasteiger partial charge < -0.3 is 19.0 Å². The molecule has 0 amide bonds. The Labute approximate surface area is 218 Å². The zero-order chi connectivity index (χ0) is 25.8. The molecule has 0 bridgehead atoms. The maximum absolute atomic E-state index is 5.64. The quantitative estimate of drug-likeness (QED) is 0.262. The number of benzene rings is 3. The number of fused-ring (bicyclic) bond motifs is 3. The molecule has 0 spiro atoms. The second-order valence-electron chi connectivity index (χ2n) is 9.57. The summed E-state index contributed by atoms with van der Waals surface area (Å²) < 4.78 is 16.7. The predicted molar refractivity (Wildman–Crippen MR) is 147 cm³/mol. The number of rotatable bonds is 8. The highest BCUT2D eigenvalue weighted by Gasteiger charge is 2.34. The van der Waals surface area contributed by atoms with Gasteiger partial charge in [-0.05, 0) is 49.1 Å². The Morgan fingerprint density at radius 1 is 0.865 bits per heavy atom. The minimum atomic E-state index is 0.306. The average molecular weight is 499 g/mol. The van der Waals surface area contributed by atoms with E-state index in [1.165, 1.54) is 18.4 Å². The van der Waals surface area contributed by atoms with Gasteiger partial charge in [0.05, 0.1) is 38.8 Å². The highest BCUT2D eigenvalue weighted by molar-refractivity contribution is 6.15. The van der Waals surface area contributed by atoms with Crippen LogP contribution in [0.5, 0.6) is 17.2 Å². The van der Waals surface area contributed by atoms with Crippen molar-refractivity contribution in [3.05, 3.63) is 88.5 Å². The van der Waals surface area contributed by atoms with Gasteiger partial charge in [-0.3, -0.25) is 4.99 Å². The molecule has 6 heteroatoms. The number of para-hydroxylation sites is 1. The van der Waals surface area contributed by atoms with Gasteiger partial charge in [0.1, 0.15) is 12.4 Å². The van der Waals surface area contributed by atoms with Crippen LogP contribution in [0.3, 0.4) is 0 Å². The van der Waals surface area contributed by atoms with Crippen molar-refractivity contribution in [1.82, 2.24) is 0 Å². The van der Waals surface area contributed by atoms with Gasteiger partial charge in [0.25, 0.3) is 0 Å². The van der Waals surface area contributed by atoms with Crippen LogP contribution in [-0.2, 0) is 11.4 Å².